The van der Waals surface area contributed by atoms with Crippen molar-refractivity contribution in [3.63, 3.8) is 0 Å². The molecule has 1 aromatic heterocycles. The summed E-state index contributed by atoms with van der Waals surface area (Å²) < 4.78 is 2.11. The van der Waals surface area contributed by atoms with Gasteiger partial charge >= 0.3 is 0 Å². The molecule has 3 nitrogen and oxygen atoms in total. The summed E-state index contributed by atoms with van der Waals surface area (Å²) in [4.78, 5) is 0. The number of nitrogens with zero attached hydrogens (tertiary/aromatic N) is 2. The van der Waals surface area contributed by atoms with Crippen LogP contribution >= 0.6 is 11.8 Å². The maximum atomic E-state index is 4.64. The Bertz CT molecular complexity index is 321. The molecule has 0 aliphatic heterocycles. The largest absolute Gasteiger partial charge is 0.311 e. The lowest BCUT2D eigenvalue weighted by atomic mass is 10.2. The minimum atomic E-state index is 0.550. The Balaban J connectivity index is 2.35. The van der Waals surface area contributed by atoms with Gasteiger partial charge in [-0.25, -0.2) is 0 Å². The molecule has 0 saturated heterocycles. The molecule has 0 aliphatic rings. The SMILES string of the molecule is CCC(CC)n1ccc(CNCC(C)CSC)n1. The molecule has 1 rings (SSSR count). The van der Waals surface area contributed by atoms with Crippen LogP contribution in [0.2, 0.25) is 0 Å². The first-order chi connectivity index (χ1) is 8.71. The lowest BCUT2D eigenvalue weighted by molar-refractivity contribution is 0.423. The van der Waals surface area contributed by atoms with E-state index in [1.165, 1.54) is 5.75 Å². The summed E-state index contributed by atoms with van der Waals surface area (Å²) >= 11 is 1.91. The summed E-state index contributed by atoms with van der Waals surface area (Å²) in [6.07, 6.45) is 6.57. The van der Waals surface area contributed by atoms with Gasteiger partial charge in [0.15, 0.2) is 0 Å². The predicted octanol–water partition coefficient (Wildman–Crippen LogP) is 3.33. The molecule has 4 heteroatoms. The van der Waals surface area contributed by atoms with Gasteiger partial charge in [0.2, 0.25) is 0 Å². The van der Waals surface area contributed by atoms with Gasteiger partial charge in [0.1, 0.15) is 0 Å². The van der Waals surface area contributed by atoms with E-state index in [0.29, 0.717) is 6.04 Å². The number of hydrogen-bond donors (Lipinski definition) is 1. The van der Waals surface area contributed by atoms with Crippen molar-refractivity contribution in [2.24, 2.45) is 5.92 Å². The van der Waals surface area contributed by atoms with Gasteiger partial charge in [-0.2, -0.15) is 16.9 Å². The fourth-order valence-electron chi connectivity index (χ4n) is 2.13. The van der Waals surface area contributed by atoms with E-state index in [9.17, 15) is 0 Å². The maximum Gasteiger partial charge on any atom is 0.0762 e. The van der Waals surface area contributed by atoms with Crippen LogP contribution in [0.4, 0.5) is 0 Å². The van der Waals surface area contributed by atoms with Crippen LogP contribution in [0.25, 0.3) is 0 Å². The van der Waals surface area contributed by atoms with Crippen molar-refractivity contribution in [2.75, 3.05) is 18.6 Å². The molecule has 0 saturated carbocycles. The molecule has 18 heavy (non-hydrogen) atoms. The van der Waals surface area contributed by atoms with Gasteiger partial charge in [-0.1, -0.05) is 20.8 Å². The van der Waals surface area contributed by atoms with Crippen molar-refractivity contribution in [1.82, 2.24) is 15.1 Å². The minimum Gasteiger partial charge on any atom is -0.311 e. The molecular formula is C14H27N3S. The highest BCUT2D eigenvalue weighted by molar-refractivity contribution is 7.98. The van der Waals surface area contributed by atoms with Crippen molar-refractivity contribution in [1.29, 1.82) is 0 Å². The van der Waals surface area contributed by atoms with E-state index in [-0.39, 0.29) is 0 Å². The Hall–Kier alpha value is -0.480. The topological polar surface area (TPSA) is 29.9 Å². The summed E-state index contributed by atoms with van der Waals surface area (Å²) in [5.74, 6) is 1.94. The van der Waals surface area contributed by atoms with Gasteiger partial charge in [0.25, 0.3) is 0 Å². The van der Waals surface area contributed by atoms with Crippen molar-refractivity contribution < 1.29 is 0 Å². The molecule has 0 amide bonds. The molecule has 0 fully saturated rings. The highest BCUT2D eigenvalue weighted by atomic mass is 32.2. The van der Waals surface area contributed by atoms with Crippen LogP contribution in [-0.2, 0) is 6.54 Å². The number of nitrogens with one attached hydrogen (secondary N) is 1. The first-order valence-corrected chi connectivity index (χ1v) is 8.34. The van der Waals surface area contributed by atoms with Crippen molar-refractivity contribution >= 4 is 11.8 Å². The Morgan fingerprint density at radius 3 is 2.72 bits per heavy atom. The van der Waals surface area contributed by atoms with Gasteiger partial charge < -0.3 is 5.32 Å². The molecule has 0 bridgehead atoms. The first kappa shape index (κ1) is 15.6. The average Bonchev–Trinajstić information content (AvgIpc) is 2.80. The smallest absolute Gasteiger partial charge is 0.0762 e. The summed E-state index contributed by atoms with van der Waals surface area (Å²) in [6, 6.07) is 2.68. The van der Waals surface area contributed by atoms with Gasteiger partial charge in [0, 0.05) is 12.7 Å². The summed E-state index contributed by atoms with van der Waals surface area (Å²) in [5.41, 5.74) is 1.15. The zero-order valence-electron chi connectivity index (χ0n) is 12.1. The van der Waals surface area contributed by atoms with E-state index in [1.807, 2.05) is 11.8 Å². The predicted molar refractivity (Wildman–Crippen MR) is 81.1 cm³/mol. The standard InChI is InChI=1S/C14H27N3S/c1-5-14(6-2)17-8-7-13(16-17)10-15-9-12(3)11-18-4/h7-8,12,14-15H,5-6,9-11H2,1-4H3. The van der Waals surface area contributed by atoms with E-state index in [1.54, 1.807) is 0 Å². The van der Waals surface area contributed by atoms with E-state index >= 15 is 0 Å². The molecule has 0 spiro atoms. The number of aromatic nitrogens is 2. The lowest BCUT2D eigenvalue weighted by Crippen LogP contribution is -2.22. The minimum absolute atomic E-state index is 0.550. The second kappa shape index (κ2) is 8.59. The lowest BCUT2D eigenvalue weighted by Gasteiger charge is -2.13. The number of thioether (sulfide) groups is 1. The molecule has 1 heterocycles. The van der Waals surface area contributed by atoms with Gasteiger partial charge in [-0.15, -0.1) is 0 Å². The van der Waals surface area contributed by atoms with Gasteiger partial charge in [-0.05, 0) is 43.4 Å². The first-order valence-electron chi connectivity index (χ1n) is 6.94. The van der Waals surface area contributed by atoms with Crippen LogP contribution in [-0.4, -0.2) is 28.3 Å². The Kier molecular flexibility index (Phi) is 7.44. The third-order valence-corrected chi connectivity index (χ3v) is 4.13. The van der Waals surface area contributed by atoms with E-state index in [2.05, 4.69) is 54.4 Å². The van der Waals surface area contributed by atoms with Crippen molar-refractivity contribution in [2.45, 2.75) is 46.2 Å². The quantitative estimate of drug-likeness (QED) is 0.746. The maximum absolute atomic E-state index is 4.64. The molecule has 0 aliphatic carbocycles. The molecule has 1 atom stereocenters. The zero-order valence-corrected chi connectivity index (χ0v) is 13.0. The van der Waals surface area contributed by atoms with Crippen LogP contribution in [0.1, 0.15) is 45.3 Å². The van der Waals surface area contributed by atoms with Crippen LogP contribution in [0, 0.1) is 5.92 Å². The normalized spacial score (nSPS) is 13.2. The molecular weight excluding hydrogens is 242 g/mol. The Morgan fingerprint density at radius 1 is 1.39 bits per heavy atom. The van der Waals surface area contributed by atoms with Crippen LogP contribution < -0.4 is 5.32 Å². The van der Waals surface area contributed by atoms with Crippen LogP contribution in [0.3, 0.4) is 0 Å². The highest BCUT2D eigenvalue weighted by Crippen LogP contribution is 2.14. The summed E-state index contributed by atoms with van der Waals surface area (Å²) in [6.45, 7) is 8.67. The third-order valence-electron chi connectivity index (χ3n) is 3.23. The van der Waals surface area contributed by atoms with Crippen LogP contribution in [0.5, 0.6) is 0 Å². The molecule has 1 N–H and O–H groups in total. The van der Waals surface area contributed by atoms with E-state index in [4.69, 9.17) is 0 Å². The van der Waals surface area contributed by atoms with Gasteiger partial charge in [0.05, 0.1) is 11.7 Å². The van der Waals surface area contributed by atoms with E-state index < -0.39 is 0 Å². The summed E-state index contributed by atoms with van der Waals surface area (Å²) in [5, 5.41) is 8.13. The second-order valence-electron chi connectivity index (χ2n) is 4.95. The molecule has 1 unspecified atom stereocenters. The van der Waals surface area contributed by atoms with E-state index in [0.717, 1.165) is 37.5 Å². The summed E-state index contributed by atoms with van der Waals surface area (Å²) in [7, 11) is 0. The fourth-order valence-corrected chi connectivity index (χ4v) is 2.81. The average molecular weight is 269 g/mol. The highest BCUT2D eigenvalue weighted by Gasteiger charge is 2.08. The van der Waals surface area contributed by atoms with Gasteiger partial charge in [-0.3, -0.25) is 4.68 Å². The van der Waals surface area contributed by atoms with Crippen molar-refractivity contribution in [3.8, 4) is 0 Å². The third kappa shape index (κ3) is 5.02. The number of rotatable bonds is 9. The molecule has 1 aromatic rings. The zero-order chi connectivity index (χ0) is 13.4. The van der Waals surface area contributed by atoms with Crippen LogP contribution in [0.15, 0.2) is 12.3 Å². The molecule has 0 aromatic carbocycles. The van der Waals surface area contributed by atoms with Crippen molar-refractivity contribution in [3.05, 3.63) is 18.0 Å². The monoisotopic (exact) mass is 269 g/mol. The second-order valence-corrected chi connectivity index (χ2v) is 5.86. The Morgan fingerprint density at radius 2 is 2.11 bits per heavy atom. The fraction of sp³-hybridized carbons (Fsp3) is 0.786. The molecule has 104 valence electrons. The Labute approximate surface area is 116 Å². The molecule has 0 radical (unpaired) electrons. The number of hydrogen-bond acceptors (Lipinski definition) is 3.